The first-order chi connectivity index (χ1) is 8.36. The maximum Gasteiger partial charge on any atom is 0.108 e. The second-order valence-corrected chi connectivity index (χ2v) is 5.03. The number of halogens is 1. The lowest BCUT2D eigenvalue weighted by Gasteiger charge is -2.00. The highest BCUT2D eigenvalue weighted by Gasteiger charge is 2.04. The number of aromatic nitrogens is 1. The number of nitrogens with zero attached hydrogens (tertiary/aromatic N) is 1. The van der Waals surface area contributed by atoms with E-state index in [4.69, 9.17) is 11.6 Å². The number of rotatable bonds is 2. The van der Waals surface area contributed by atoms with Crippen molar-refractivity contribution in [1.82, 2.24) is 4.98 Å². The van der Waals surface area contributed by atoms with Gasteiger partial charge < -0.3 is 0 Å². The summed E-state index contributed by atoms with van der Waals surface area (Å²) < 4.78 is 0. The molecule has 3 heteroatoms. The molecular weight excluding hydrogens is 250 g/mol. The van der Waals surface area contributed by atoms with Gasteiger partial charge in [-0.15, -0.1) is 22.9 Å². The maximum absolute atomic E-state index is 5.77. The molecule has 0 aliphatic rings. The third kappa shape index (κ3) is 2.06. The summed E-state index contributed by atoms with van der Waals surface area (Å²) >= 11 is 7.38. The van der Waals surface area contributed by atoms with Gasteiger partial charge in [0.25, 0.3) is 0 Å². The molecule has 0 saturated heterocycles. The summed E-state index contributed by atoms with van der Waals surface area (Å²) in [6.07, 6.45) is 0. The molecule has 0 aliphatic heterocycles. The Morgan fingerprint density at radius 2 is 1.88 bits per heavy atom. The first-order valence-electron chi connectivity index (χ1n) is 5.36. The van der Waals surface area contributed by atoms with Crippen molar-refractivity contribution in [2.45, 2.75) is 5.88 Å². The van der Waals surface area contributed by atoms with Crippen LogP contribution in [-0.4, -0.2) is 4.98 Å². The number of hydrogen-bond donors (Lipinski definition) is 0. The molecule has 84 valence electrons. The minimum atomic E-state index is 0.484. The van der Waals surface area contributed by atoms with E-state index in [2.05, 4.69) is 52.8 Å². The second kappa shape index (κ2) is 4.47. The van der Waals surface area contributed by atoms with Crippen molar-refractivity contribution in [2.24, 2.45) is 0 Å². The van der Waals surface area contributed by atoms with E-state index < -0.39 is 0 Å². The average Bonchev–Trinajstić information content (AvgIpc) is 2.87. The van der Waals surface area contributed by atoms with Crippen molar-refractivity contribution in [2.75, 3.05) is 0 Å². The van der Waals surface area contributed by atoms with Gasteiger partial charge in [0, 0.05) is 10.9 Å². The van der Waals surface area contributed by atoms with E-state index in [1.165, 1.54) is 10.8 Å². The largest absolute Gasteiger partial charge is 0.240 e. The first-order valence-corrected chi connectivity index (χ1v) is 6.78. The third-order valence-corrected chi connectivity index (χ3v) is 3.97. The quantitative estimate of drug-likeness (QED) is 0.608. The Balaban J connectivity index is 2.11. The molecule has 0 fully saturated rings. The van der Waals surface area contributed by atoms with Crippen molar-refractivity contribution < 1.29 is 0 Å². The standard InChI is InChI=1S/C14H10ClNS/c15-8-14-16-13(9-17-14)12-6-5-10-3-1-2-4-11(10)7-12/h1-7,9H,8H2. The highest BCUT2D eigenvalue weighted by Crippen LogP contribution is 2.26. The molecule has 1 nitrogen and oxygen atoms in total. The van der Waals surface area contributed by atoms with Crippen LogP contribution >= 0.6 is 22.9 Å². The zero-order valence-electron chi connectivity index (χ0n) is 9.06. The molecule has 0 radical (unpaired) electrons. The molecule has 17 heavy (non-hydrogen) atoms. The van der Waals surface area contributed by atoms with Crippen LogP contribution in [-0.2, 0) is 5.88 Å². The number of alkyl halides is 1. The van der Waals surface area contributed by atoms with Gasteiger partial charge in [0.1, 0.15) is 5.01 Å². The highest BCUT2D eigenvalue weighted by atomic mass is 35.5. The molecule has 0 unspecified atom stereocenters. The smallest absolute Gasteiger partial charge is 0.108 e. The van der Waals surface area contributed by atoms with Gasteiger partial charge in [-0.2, -0.15) is 0 Å². The summed E-state index contributed by atoms with van der Waals surface area (Å²) in [6.45, 7) is 0. The fraction of sp³-hybridized carbons (Fsp3) is 0.0714. The van der Waals surface area contributed by atoms with Gasteiger partial charge in [-0.25, -0.2) is 4.98 Å². The molecule has 0 amide bonds. The van der Waals surface area contributed by atoms with Gasteiger partial charge in [0.2, 0.25) is 0 Å². The Bertz CT molecular complexity index is 660. The fourth-order valence-corrected chi connectivity index (χ4v) is 2.75. The molecule has 3 aromatic rings. The van der Waals surface area contributed by atoms with Gasteiger partial charge in [-0.1, -0.05) is 36.4 Å². The first kappa shape index (κ1) is 10.8. The average molecular weight is 260 g/mol. The summed E-state index contributed by atoms with van der Waals surface area (Å²) in [6, 6.07) is 14.7. The number of benzene rings is 2. The van der Waals surface area contributed by atoms with E-state index in [1.807, 2.05) is 0 Å². The maximum atomic E-state index is 5.77. The van der Waals surface area contributed by atoms with Crippen molar-refractivity contribution in [3.63, 3.8) is 0 Å². The van der Waals surface area contributed by atoms with Crippen LogP contribution in [0.25, 0.3) is 22.0 Å². The Kier molecular flexibility index (Phi) is 2.83. The van der Waals surface area contributed by atoms with E-state index in [9.17, 15) is 0 Å². The molecule has 1 heterocycles. The van der Waals surface area contributed by atoms with Crippen LogP contribution in [0.15, 0.2) is 47.8 Å². The monoisotopic (exact) mass is 259 g/mol. The molecule has 0 bridgehead atoms. The van der Waals surface area contributed by atoms with Crippen molar-refractivity contribution in [3.05, 3.63) is 52.9 Å². The highest BCUT2D eigenvalue weighted by molar-refractivity contribution is 7.10. The van der Waals surface area contributed by atoms with Gasteiger partial charge in [0.15, 0.2) is 0 Å². The lowest BCUT2D eigenvalue weighted by Crippen LogP contribution is -1.80. The Morgan fingerprint density at radius 3 is 2.65 bits per heavy atom. The van der Waals surface area contributed by atoms with Gasteiger partial charge in [-0.3, -0.25) is 0 Å². The van der Waals surface area contributed by atoms with Crippen LogP contribution in [0.1, 0.15) is 5.01 Å². The predicted octanol–water partition coefficient (Wildman–Crippen LogP) is 4.70. The summed E-state index contributed by atoms with van der Waals surface area (Å²) in [5, 5.41) is 5.52. The van der Waals surface area contributed by atoms with Crippen LogP contribution in [0.4, 0.5) is 0 Å². The third-order valence-electron chi connectivity index (χ3n) is 2.71. The summed E-state index contributed by atoms with van der Waals surface area (Å²) in [5.74, 6) is 0.484. The molecule has 0 N–H and O–H groups in total. The molecule has 3 rings (SSSR count). The molecule has 0 aliphatic carbocycles. The fourth-order valence-electron chi connectivity index (χ4n) is 1.85. The molecular formula is C14H10ClNS. The topological polar surface area (TPSA) is 12.9 Å². The van der Waals surface area contributed by atoms with Crippen LogP contribution in [0.3, 0.4) is 0 Å². The van der Waals surface area contributed by atoms with Crippen molar-refractivity contribution in [3.8, 4) is 11.3 Å². The Morgan fingerprint density at radius 1 is 1.06 bits per heavy atom. The van der Waals surface area contributed by atoms with E-state index in [1.54, 1.807) is 11.3 Å². The van der Waals surface area contributed by atoms with Crippen LogP contribution < -0.4 is 0 Å². The summed E-state index contributed by atoms with van der Waals surface area (Å²) in [5.41, 5.74) is 2.16. The van der Waals surface area contributed by atoms with Gasteiger partial charge >= 0.3 is 0 Å². The van der Waals surface area contributed by atoms with Crippen molar-refractivity contribution in [1.29, 1.82) is 0 Å². The molecule has 0 spiro atoms. The number of thiazole rings is 1. The van der Waals surface area contributed by atoms with E-state index in [0.717, 1.165) is 16.3 Å². The number of fused-ring (bicyclic) bond motifs is 1. The molecule has 1 aromatic heterocycles. The van der Waals surface area contributed by atoms with Crippen LogP contribution in [0, 0.1) is 0 Å². The summed E-state index contributed by atoms with van der Waals surface area (Å²) in [7, 11) is 0. The van der Waals surface area contributed by atoms with E-state index in [-0.39, 0.29) is 0 Å². The normalized spacial score (nSPS) is 10.9. The zero-order valence-corrected chi connectivity index (χ0v) is 10.6. The van der Waals surface area contributed by atoms with Gasteiger partial charge in [0.05, 0.1) is 11.6 Å². The Labute approximate surface area is 109 Å². The Hall–Kier alpha value is -1.38. The lowest BCUT2D eigenvalue weighted by atomic mass is 10.1. The molecule has 0 atom stereocenters. The van der Waals surface area contributed by atoms with Gasteiger partial charge in [-0.05, 0) is 16.8 Å². The minimum Gasteiger partial charge on any atom is -0.240 e. The van der Waals surface area contributed by atoms with Crippen LogP contribution in [0.2, 0.25) is 0 Å². The molecule has 2 aromatic carbocycles. The van der Waals surface area contributed by atoms with Crippen molar-refractivity contribution >= 4 is 33.7 Å². The predicted molar refractivity (Wildman–Crippen MR) is 74.6 cm³/mol. The van der Waals surface area contributed by atoms with Crippen LogP contribution in [0.5, 0.6) is 0 Å². The zero-order chi connectivity index (χ0) is 11.7. The van der Waals surface area contributed by atoms with E-state index >= 15 is 0 Å². The second-order valence-electron chi connectivity index (χ2n) is 3.82. The molecule has 0 saturated carbocycles. The minimum absolute atomic E-state index is 0.484. The van der Waals surface area contributed by atoms with E-state index in [0.29, 0.717) is 5.88 Å². The summed E-state index contributed by atoms with van der Waals surface area (Å²) in [4.78, 5) is 4.49. The number of hydrogen-bond acceptors (Lipinski definition) is 2. The SMILES string of the molecule is ClCc1nc(-c2ccc3ccccc3c2)cs1. The lowest BCUT2D eigenvalue weighted by molar-refractivity contribution is 1.26.